The maximum absolute atomic E-state index is 11.6. The van der Waals surface area contributed by atoms with Gasteiger partial charge in [-0.2, -0.15) is 0 Å². The van der Waals surface area contributed by atoms with Crippen LogP contribution in [0.15, 0.2) is 60.7 Å². The fraction of sp³-hybridized carbons (Fsp3) is 0.250. The van der Waals surface area contributed by atoms with E-state index < -0.39 is 8.32 Å². The summed E-state index contributed by atoms with van der Waals surface area (Å²) >= 11 is 2.38. The summed E-state index contributed by atoms with van der Waals surface area (Å²) in [5.74, 6) is 0. The van der Waals surface area contributed by atoms with E-state index in [9.17, 15) is 4.80 Å². The van der Waals surface area contributed by atoms with Gasteiger partial charge >= 0.3 is 0 Å². The van der Waals surface area contributed by atoms with E-state index in [0.717, 1.165) is 14.8 Å². The second kappa shape index (κ2) is 5.77. The Bertz CT molecular complexity index is 485. The Balaban J connectivity index is 2.65. The molecule has 0 atom stereocenters. The van der Waals surface area contributed by atoms with E-state index in [1.807, 2.05) is 36.4 Å². The zero-order chi connectivity index (χ0) is 13.9. The van der Waals surface area contributed by atoms with Crippen molar-refractivity contribution in [3.05, 3.63) is 60.7 Å². The van der Waals surface area contributed by atoms with Crippen LogP contribution >= 0.6 is 22.6 Å². The van der Waals surface area contributed by atoms with Crippen molar-refractivity contribution in [2.24, 2.45) is 0 Å². The third-order valence-corrected chi connectivity index (χ3v) is 10.8. The first-order chi connectivity index (χ1) is 9.02. The zero-order valence-electron chi connectivity index (χ0n) is 11.3. The molecule has 2 aromatic carbocycles. The van der Waals surface area contributed by atoms with Gasteiger partial charge in [-0.15, -0.1) is 0 Å². The van der Waals surface area contributed by atoms with E-state index in [1.54, 1.807) is 0 Å². The third kappa shape index (κ3) is 2.64. The van der Waals surface area contributed by atoms with Gasteiger partial charge in [-0.1, -0.05) is 97.1 Å². The summed E-state index contributed by atoms with van der Waals surface area (Å²) < 4.78 is 0.928. The molecular weight excluding hydrogens is 363 g/mol. The molecule has 2 aromatic rings. The van der Waals surface area contributed by atoms with E-state index in [1.165, 1.54) is 0 Å². The molecule has 0 saturated carbocycles. The summed E-state index contributed by atoms with van der Waals surface area (Å²) in [6.07, 6.45) is 0. The van der Waals surface area contributed by atoms with Gasteiger partial charge in [0.2, 0.25) is 0 Å². The van der Waals surface area contributed by atoms with Gasteiger partial charge in [-0.25, -0.2) is 0 Å². The first-order valence-electron chi connectivity index (χ1n) is 6.42. The highest BCUT2D eigenvalue weighted by molar-refractivity contribution is 14.1. The molecule has 0 aliphatic heterocycles. The number of rotatable bonds is 4. The summed E-state index contributed by atoms with van der Waals surface area (Å²) in [5, 5.41) is 2.06. The highest BCUT2D eigenvalue weighted by atomic mass is 127. The molecule has 0 fully saturated rings. The molecule has 0 aromatic heterocycles. The van der Waals surface area contributed by atoms with Crippen molar-refractivity contribution in [2.45, 2.75) is 18.9 Å². The Morgan fingerprint density at radius 2 is 1.26 bits per heavy atom. The lowest BCUT2D eigenvalue weighted by atomic mass is 10.2. The van der Waals surface area contributed by atoms with E-state index >= 15 is 0 Å². The van der Waals surface area contributed by atoms with Gasteiger partial charge in [0.15, 0.2) is 0 Å². The fourth-order valence-corrected chi connectivity index (χ4v) is 7.50. The topological polar surface area (TPSA) is 20.2 Å². The van der Waals surface area contributed by atoms with Crippen LogP contribution in [0.3, 0.4) is 0 Å². The highest BCUT2D eigenvalue weighted by Gasteiger charge is 2.49. The van der Waals surface area contributed by atoms with Crippen LogP contribution in [0.1, 0.15) is 13.8 Å². The predicted octanol–water partition coefficient (Wildman–Crippen LogP) is 2.95. The molecule has 0 amide bonds. The molecule has 19 heavy (non-hydrogen) atoms. The van der Waals surface area contributed by atoms with Gasteiger partial charge in [0.25, 0.3) is 8.32 Å². The summed E-state index contributed by atoms with van der Waals surface area (Å²) in [5.41, 5.74) is 0. The van der Waals surface area contributed by atoms with Crippen LogP contribution in [-0.2, 0) is 0 Å². The minimum absolute atomic E-state index is 0.115. The average Bonchev–Trinajstić information content (AvgIpc) is 2.48. The molecular formula is C16H19IOSi. The SMILES string of the molecule is CC(C)(CI)[Si](O)(c1ccccc1)c1ccccc1. The normalized spacial score (nSPS) is 12.4. The molecule has 0 aliphatic rings. The standard InChI is InChI=1S/C16H19IOSi/c1-16(2,13-17)19(18,14-9-5-3-6-10-14)15-11-7-4-8-12-15/h3-12,18H,13H2,1-2H3. The van der Waals surface area contributed by atoms with Gasteiger partial charge in [0.1, 0.15) is 0 Å². The maximum atomic E-state index is 11.6. The van der Waals surface area contributed by atoms with Crippen LogP contribution < -0.4 is 10.4 Å². The van der Waals surface area contributed by atoms with Crippen LogP contribution in [0.5, 0.6) is 0 Å². The summed E-state index contributed by atoms with van der Waals surface area (Å²) in [7, 11) is -2.74. The van der Waals surface area contributed by atoms with E-state index in [-0.39, 0.29) is 5.04 Å². The van der Waals surface area contributed by atoms with Crippen LogP contribution in [0.4, 0.5) is 0 Å². The lowest BCUT2D eigenvalue weighted by Crippen LogP contribution is -2.65. The molecule has 0 saturated heterocycles. The van der Waals surface area contributed by atoms with Crippen molar-refractivity contribution in [2.75, 3.05) is 4.43 Å². The number of alkyl halides is 1. The molecule has 100 valence electrons. The van der Waals surface area contributed by atoms with Crippen molar-refractivity contribution >= 4 is 41.3 Å². The fourth-order valence-electron chi connectivity index (χ4n) is 2.40. The smallest absolute Gasteiger partial charge is 0.259 e. The Labute approximate surface area is 130 Å². The molecule has 0 aliphatic carbocycles. The first-order valence-corrected chi connectivity index (χ1v) is 9.89. The number of benzene rings is 2. The number of hydrogen-bond donors (Lipinski definition) is 1. The molecule has 0 radical (unpaired) electrons. The average molecular weight is 382 g/mol. The lowest BCUT2D eigenvalue weighted by Gasteiger charge is -2.40. The lowest BCUT2D eigenvalue weighted by molar-refractivity contribution is 0.510. The Hall–Kier alpha value is -0.653. The third-order valence-electron chi connectivity index (χ3n) is 3.70. The Morgan fingerprint density at radius 3 is 1.58 bits per heavy atom. The van der Waals surface area contributed by atoms with Crippen LogP contribution in [0.2, 0.25) is 5.04 Å². The van der Waals surface area contributed by atoms with Gasteiger partial charge in [-0.05, 0) is 10.4 Å². The molecule has 3 heteroatoms. The highest BCUT2D eigenvalue weighted by Crippen LogP contribution is 2.36. The van der Waals surface area contributed by atoms with Gasteiger partial charge in [0.05, 0.1) is 0 Å². The summed E-state index contributed by atoms with van der Waals surface area (Å²) in [4.78, 5) is 11.6. The van der Waals surface area contributed by atoms with Crippen molar-refractivity contribution in [3.8, 4) is 0 Å². The van der Waals surface area contributed by atoms with Gasteiger partial charge in [-0.3, -0.25) is 0 Å². The van der Waals surface area contributed by atoms with Gasteiger partial charge in [0, 0.05) is 9.47 Å². The Kier molecular flexibility index (Phi) is 4.48. The van der Waals surface area contributed by atoms with Gasteiger partial charge < -0.3 is 4.80 Å². The predicted molar refractivity (Wildman–Crippen MR) is 93.1 cm³/mol. The number of halogens is 1. The molecule has 1 N–H and O–H groups in total. The van der Waals surface area contributed by atoms with Crippen molar-refractivity contribution in [3.63, 3.8) is 0 Å². The van der Waals surface area contributed by atoms with Crippen LogP contribution in [0, 0.1) is 0 Å². The molecule has 0 unspecified atom stereocenters. The molecule has 0 spiro atoms. The molecule has 0 bridgehead atoms. The van der Waals surface area contributed by atoms with E-state index in [0.29, 0.717) is 0 Å². The van der Waals surface area contributed by atoms with Crippen molar-refractivity contribution in [1.29, 1.82) is 0 Å². The minimum atomic E-state index is -2.74. The van der Waals surface area contributed by atoms with Crippen molar-refractivity contribution in [1.82, 2.24) is 0 Å². The van der Waals surface area contributed by atoms with E-state index in [2.05, 4.69) is 60.7 Å². The summed E-state index contributed by atoms with van der Waals surface area (Å²) in [6.45, 7) is 4.34. The zero-order valence-corrected chi connectivity index (χ0v) is 14.5. The van der Waals surface area contributed by atoms with Crippen LogP contribution in [0.25, 0.3) is 0 Å². The second-order valence-electron chi connectivity index (χ2n) is 5.46. The number of hydrogen-bond acceptors (Lipinski definition) is 1. The molecule has 0 heterocycles. The quantitative estimate of drug-likeness (QED) is 0.490. The minimum Gasteiger partial charge on any atom is -0.423 e. The largest absolute Gasteiger partial charge is 0.423 e. The Morgan fingerprint density at radius 1 is 0.895 bits per heavy atom. The molecule has 2 rings (SSSR count). The second-order valence-corrected chi connectivity index (χ2v) is 10.2. The maximum Gasteiger partial charge on any atom is 0.259 e. The van der Waals surface area contributed by atoms with E-state index in [4.69, 9.17) is 0 Å². The van der Waals surface area contributed by atoms with Crippen LogP contribution in [-0.4, -0.2) is 17.5 Å². The first kappa shape index (κ1) is 14.7. The monoisotopic (exact) mass is 382 g/mol. The summed E-state index contributed by atoms with van der Waals surface area (Å²) in [6, 6.07) is 20.3. The molecule has 1 nitrogen and oxygen atoms in total. The van der Waals surface area contributed by atoms with Crippen molar-refractivity contribution < 1.29 is 4.80 Å².